The van der Waals surface area contributed by atoms with Gasteiger partial charge in [0.05, 0.1) is 18.1 Å². The van der Waals surface area contributed by atoms with Crippen molar-refractivity contribution in [1.82, 2.24) is 5.32 Å². The molecule has 4 rings (SSSR count). The lowest BCUT2D eigenvalue weighted by Crippen LogP contribution is -2.32. The molecule has 2 amide bonds. The third-order valence-corrected chi connectivity index (χ3v) is 6.59. The second kappa shape index (κ2) is 9.94. The Morgan fingerprint density at radius 2 is 1.94 bits per heavy atom. The summed E-state index contributed by atoms with van der Waals surface area (Å²) < 4.78 is 18.7. The maximum Gasteiger partial charge on any atom is 0.265 e. The van der Waals surface area contributed by atoms with Crippen LogP contribution < -0.4 is 10.2 Å². The molecule has 2 aromatic carbocycles. The molecule has 1 N–H and O–H groups in total. The van der Waals surface area contributed by atoms with Gasteiger partial charge in [0.1, 0.15) is 28.2 Å². The number of halogens is 2. The Bertz CT molecular complexity index is 1250. The van der Waals surface area contributed by atoms with Crippen LogP contribution in [0.1, 0.15) is 11.3 Å². The predicted octanol–water partition coefficient (Wildman–Crippen LogP) is 4.81. The Hall–Kier alpha value is -3.54. The summed E-state index contributed by atoms with van der Waals surface area (Å²) in [5.41, 5.74) is 0.911. The number of hydrogen-bond acceptors (Lipinski definition) is 5. The highest BCUT2D eigenvalue weighted by Gasteiger charge is 2.41. The maximum atomic E-state index is 13.5. The lowest BCUT2D eigenvalue weighted by Gasteiger charge is -2.18. The van der Waals surface area contributed by atoms with E-state index in [0.717, 1.165) is 17.3 Å². The molecule has 1 atom stereocenters. The number of amides is 2. The smallest absolute Gasteiger partial charge is 0.265 e. The van der Waals surface area contributed by atoms with E-state index in [0.29, 0.717) is 22.9 Å². The first-order valence-electron chi connectivity index (χ1n) is 9.92. The molecule has 1 aliphatic heterocycles. The average Bonchev–Trinajstić information content (AvgIpc) is 3.44. The Morgan fingerprint density at radius 3 is 2.61 bits per heavy atom. The van der Waals surface area contributed by atoms with Gasteiger partial charge in [0.25, 0.3) is 5.91 Å². The Kier molecular flexibility index (Phi) is 6.82. The first-order chi connectivity index (χ1) is 16.0. The number of anilines is 1. The van der Waals surface area contributed by atoms with Crippen molar-refractivity contribution < 1.29 is 18.4 Å². The van der Waals surface area contributed by atoms with Gasteiger partial charge in [-0.05, 0) is 54.4 Å². The summed E-state index contributed by atoms with van der Waals surface area (Å²) in [6.07, 6.45) is 1.78. The van der Waals surface area contributed by atoms with Crippen LogP contribution in [0, 0.1) is 17.1 Å². The van der Waals surface area contributed by atoms with Crippen LogP contribution in [-0.2, 0) is 22.6 Å². The van der Waals surface area contributed by atoms with Gasteiger partial charge in [0.2, 0.25) is 5.91 Å². The van der Waals surface area contributed by atoms with E-state index in [1.807, 2.05) is 18.2 Å². The van der Waals surface area contributed by atoms with Crippen LogP contribution in [0.5, 0.6) is 0 Å². The van der Waals surface area contributed by atoms with E-state index >= 15 is 0 Å². The van der Waals surface area contributed by atoms with Crippen molar-refractivity contribution in [3.05, 3.63) is 99.7 Å². The number of rotatable bonds is 6. The van der Waals surface area contributed by atoms with Gasteiger partial charge in [-0.25, -0.2) is 4.39 Å². The predicted molar refractivity (Wildman–Crippen MR) is 124 cm³/mol. The van der Waals surface area contributed by atoms with E-state index in [1.165, 1.54) is 35.4 Å². The van der Waals surface area contributed by atoms with E-state index in [9.17, 15) is 19.2 Å². The normalized spacial score (nSPS) is 17.1. The monoisotopic (exact) mass is 481 g/mol. The minimum absolute atomic E-state index is 0.0858. The number of nitrogens with zero attached hydrogens (tertiary/aromatic N) is 2. The van der Waals surface area contributed by atoms with Crippen LogP contribution in [0.2, 0.25) is 5.02 Å². The second-order valence-electron chi connectivity index (χ2n) is 7.11. The van der Waals surface area contributed by atoms with Crippen LogP contribution in [0.25, 0.3) is 0 Å². The van der Waals surface area contributed by atoms with Crippen molar-refractivity contribution in [2.75, 3.05) is 4.90 Å². The fraction of sp³-hybridized carbons (Fsp3) is 0.125. The highest BCUT2D eigenvalue weighted by molar-refractivity contribution is 8.05. The number of nitrogens with one attached hydrogen (secondary N) is 1. The molecular weight excluding hydrogens is 465 g/mol. The quantitative estimate of drug-likeness (QED) is 0.403. The number of carbonyl (C=O) groups is 2. The molecule has 0 saturated carbocycles. The summed E-state index contributed by atoms with van der Waals surface area (Å²) in [5, 5.41) is 12.5. The first-order valence-corrected chi connectivity index (χ1v) is 11.2. The topological polar surface area (TPSA) is 86.3 Å². The summed E-state index contributed by atoms with van der Waals surface area (Å²) in [6, 6.07) is 17.8. The van der Waals surface area contributed by atoms with E-state index in [4.69, 9.17) is 16.0 Å². The largest absolute Gasteiger partial charge is 0.467 e. The molecule has 0 aliphatic carbocycles. The van der Waals surface area contributed by atoms with E-state index < -0.39 is 17.0 Å². The number of hydrogen-bond donors (Lipinski definition) is 1. The maximum absolute atomic E-state index is 13.5. The third kappa shape index (κ3) is 4.95. The van der Waals surface area contributed by atoms with Crippen LogP contribution in [0.15, 0.2) is 81.9 Å². The van der Waals surface area contributed by atoms with Crippen LogP contribution in [-0.4, -0.2) is 17.1 Å². The van der Waals surface area contributed by atoms with E-state index in [-0.39, 0.29) is 23.1 Å². The van der Waals surface area contributed by atoms with Gasteiger partial charge < -0.3 is 9.73 Å². The molecule has 1 saturated heterocycles. The zero-order chi connectivity index (χ0) is 23.4. The van der Waals surface area contributed by atoms with Crippen LogP contribution in [0.4, 0.5) is 10.1 Å². The van der Waals surface area contributed by atoms with Crippen molar-refractivity contribution in [1.29, 1.82) is 5.26 Å². The van der Waals surface area contributed by atoms with Crippen molar-refractivity contribution in [3.63, 3.8) is 0 Å². The van der Waals surface area contributed by atoms with Crippen molar-refractivity contribution in [2.45, 2.75) is 18.2 Å². The molecule has 0 unspecified atom stereocenters. The number of thioether (sulfide) groups is 1. The van der Waals surface area contributed by atoms with Crippen LogP contribution in [0.3, 0.4) is 0 Å². The number of benzene rings is 2. The van der Waals surface area contributed by atoms with Gasteiger partial charge in [0, 0.05) is 10.7 Å². The second-order valence-corrected chi connectivity index (χ2v) is 8.70. The SMILES string of the molecule is N#C/C(C(=O)NCc1ccco1)=C1/S[C@H](Cc2ccccc2Cl)C(=O)N1c1ccc(F)cc1. The standard InChI is InChI=1S/C24H17ClFN3O3S/c25-20-6-2-1-4-15(20)12-21-23(31)29(17-9-7-16(26)8-10-17)24(33-21)19(13-27)22(30)28-14-18-5-3-11-32-18/h1-11,21H,12,14H2,(H,28,30)/b24-19-/t21-/m1/s1. The Labute approximate surface area is 198 Å². The molecule has 3 aromatic rings. The van der Waals surface area contributed by atoms with Crippen molar-refractivity contribution in [2.24, 2.45) is 0 Å². The molecule has 0 spiro atoms. The van der Waals surface area contributed by atoms with Crippen molar-refractivity contribution >= 4 is 40.9 Å². The highest BCUT2D eigenvalue weighted by Crippen LogP contribution is 2.42. The summed E-state index contributed by atoms with van der Waals surface area (Å²) in [4.78, 5) is 27.5. The molecule has 1 aliphatic rings. The summed E-state index contributed by atoms with van der Waals surface area (Å²) >= 11 is 7.39. The number of nitriles is 1. The lowest BCUT2D eigenvalue weighted by molar-refractivity contribution is -0.117. The molecular formula is C24H17ClFN3O3S. The molecule has 33 heavy (non-hydrogen) atoms. The van der Waals surface area contributed by atoms with Gasteiger partial charge in [-0.3, -0.25) is 14.5 Å². The molecule has 9 heteroatoms. The van der Waals surface area contributed by atoms with E-state index in [2.05, 4.69) is 5.32 Å². The van der Waals surface area contributed by atoms with Crippen LogP contribution >= 0.6 is 23.4 Å². The van der Waals surface area contributed by atoms with Gasteiger partial charge in [-0.2, -0.15) is 5.26 Å². The number of carbonyl (C=O) groups excluding carboxylic acids is 2. The molecule has 1 fully saturated rings. The van der Waals surface area contributed by atoms with Crippen molar-refractivity contribution in [3.8, 4) is 6.07 Å². The Morgan fingerprint density at radius 1 is 1.18 bits per heavy atom. The number of furan rings is 1. The minimum atomic E-state index is -0.644. The summed E-state index contributed by atoms with van der Waals surface area (Å²) in [7, 11) is 0. The zero-order valence-electron chi connectivity index (χ0n) is 17.1. The molecule has 2 heterocycles. The molecule has 0 bridgehead atoms. The van der Waals surface area contributed by atoms with Gasteiger partial charge in [0.15, 0.2) is 0 Å². The van der Waals surface area contributed by atoms with Gasteiger partial charge in [-0.15, -0.1) is 0 Å². The molecule has 6 nitrogen and oxygen atoms in total. The first kappa shape index (κ1) is 22.6. The summed E-state index contributed by atoms with van der Waals surface area (Å²) in [6.45, 7) is 0.0858. The van der Waals surface area contributed by atoms with Gasteiger partial charge in [-0.1, -0.05) is 41.6 Å². The average molecular weight is 482 g/mol. The molecule has 1 aromatic heterocycles. The molecule has 0 radical (unpaired) electrons. The highest BCUT2D eigenvalue weighted by atomic mass is 35.5. The van der Waals surface area contributed by atoms with E-state index in [1.54, 1.807) is 24.3 Å². The fourth-order valence-electron chi connectivity index (χ4n) is 3.34. The zero-order valence-corrected chi connectivity index (χ0v) is 18.7. The fourth-order valence-corrected chi connectivity index (χ4v) is 4.85. The molecule has 166 valence electrons. The summed E-state index contributed by atoms with van der Waals surface area (Å²) in [5.74, 6) is -0.913. The third-order valence-electron chi connectivity index (χ3n) is 4.96. The Balaban J connectivity index is 1.69. The minimum Gasteiger partial charge on any atom is -0.467 e. The lowest BCUT2D eigenvalue weighted by atomic mass is 10.1. The van der Waals surface area contributed by atoms with Gasteiger partial charge >= 0.3 is 0 Å².